The molecule has 0 saturated carbocycles. The maximum absolute atomic E-state index is 12.9. The van der Waals surface area contributed by atoms with Crippen LogP contribution in [0.15, 0.2) is 42.6 Å². The van der Waals surface area contributed by atoms with Gasteiger partial charge in [0.2, 0.25) is 11.8 Å². The standard InChI is InChI=1S/C25H48N2O3.C20H25N3O/c1-4-5-6-7-8-9-10-11-12-13-14-15-16-17-18-20-24(28)26-21-19-22-27(2,3)23-25(29)30;1-4-23(5-2)20(24)14-9-16-15-7-6-8-17-19(15)13(11-21-17)10-18(16)22(3)12-14/h11-12H,4-10,13-23H2,1-3H3,(H-,26,28,29,30);6-9,11,14,18,21H,4-5,10,12H2,1-3H3/b12-11-;/t;14-,18-/m.1/s1. The Morgan fingerprint density at radius 2 is 1.57 bits per heavy atom. The number of rotatable bonds is 24. The summed E-state index contributed by atoms with van der Waals surface area (Å²) in [5.41, 5.74) is 5.21. The highest BCUT2D eigenvalue weighted by Gasteiger charge is 2.36. The van der Waals surface area contributed by atoms with Crippen LogP contribution in [0.2, 0.25) is 0 Å². The zero-order chi connectivity index (χ0) is 39.3. The van der Waals surface area contributed by atoms with Crippen molar-refractivity contribution >= 4 is 34.3 Å². The third-order valence-corrected chi connectivity index (χ3v) is 11.1. The van der Waals surface area contributed by atoms with E-state index in [2.05, 4.69) is 85.6 Å². The molecule has 1 aromatic carbocycles. The molecule has 302 valence electrons. The molecule has 54 heavy (non-hydrogen) atoms. The number of carboxylic acids is 1. The van der Waals surface area contributed by atoms with Gasteiger partial charge in [0.05, 0.1) is 32.5 Å². The van der Waals surface area contributed by atoms with E-state index >= 15 is 0 Å². The molecule has 0 spiro atoms. The van der Waals surface area contributed by atoms with Crippen LogP contribution in [0, 0.1) is 5.92 Å². The van der Waals surface area contributed by atoms with Crippen molar-refractivity contribution < 1.29 is 24.0 Å². The molecule has 0 saturated heterocycles. The Morgan fingerprint density at radius 1 is 0.926 bits per heavy atom. The minimum atomic E-state index is -1.03. The predicted molar refractivity (Wildman–Crippen MR) is 222 cm³/mol. The first-order valence-electron chi connectivity index (χ1n) is 21.2. The second-order valence-corrected chi connectivity index (χ2v) is 16.2. The van der Waals surface area contributed by atoms with Crippen LogP contribution in [-0.2, 0) is 20.8 Å². The molecule has 2 N–H and O–H groups in total. The summed E-state index contributed by atoms with van der Waals surface area (Å²) in [6.07, 6.45) is 27.8. The van der Waals surface area contributed by atoms with Crippen molar-refractivity contribution in [3.05, 3.63) is 53.8 Å². The van der Waals surface area contributed by atoms with E-state index in [1.54, 1.807) is 0 Å². The summed E-state index contributed by atoms with van der Waals surface area (Å²) in [5.74, 6) is -0.715. The molecule has 1 aliphatic heterocycles. The number of aliphatic carboxylic acids is 1. The number of carboxylic acid groups (broad SMARTS) is 1. The van der Waals surface area contributed by atoms with Crippen LogP contribution in [0.25, 0.3) is 16.5 Å². The maximum Gasteiger partial charge on any atom is 0.230 e. The largest absolute Gasteiger partial charge is 0.544 e. The van der Waals surface area contributed by atoms with Gasteiger partial charge in [-0.3, -0.25) is 14.5 Å². The van der Waals surface area contributed by atoms with E-state index in [0.29, 0.717) is 30.0 Å². The third kappa shape index (κ3) is 15.0. The van der Waals surface area contributed by atoms with Gasteiger partial charge in [0.15, 0.2) is 0 Å². The van der Waals surface area contributed by atoms with E-state index in [9.17, 15) is 19.5 Å². The molecule has 9 heteroatoms. The normalized spacial score (nSPS) is 16.8. The Bertz CT molecular complexity index is 1490. The quantitative estimate of drug-likeness (QED) is 0.0668. The molecule has 2 atom stereocenters. The number of H-pyrrole nitrogens is 1. The van der Waals surface area contributed by atoms with Gasteiger partial charge in [0, 0.05) is 62.2 Å². The van der Waals surface area contributed by atoms with Crippen LogP contribution < -0.4 is 10.4 Å². The van der Waals surface area contributed by atoms with E-state index in [-0.39, 0.29) is 24.3 Å². The minimum Gasteiger partial charge on any atom is -0.544 e. The second kappa shape index (κ2) is 24.2. The molecule has 2 amide bonds. The first kappa shape index (κ1) is 45.0. The van der Waals surface area contributed by atoms with Crippen molar-refractivity contribution in [3.8, 4) is 0 Å². The lowest BCUT2D eigenvalue weighted by Gasteiger charge is -2.40. The summed E-state index contributed by atoms with van der Waals surface area (Å²) in [4.78, 5) is 43.1. The fourth-order valence-electron chi connectivity index (χ4n) is 7.98. The van der Waals surface area contributed by atoms with Crippen molar-refractivity contribution in [2.24, 2.45) is 5.92 Å². The molecule has 2 heterocycles. The first-order valence-corrected chi connectivity index (χ1v) is 21.2. The van der Waals surface area contributed by atoms with Crippen molar-refractivity contribution in [1.29, 1.82) is 0 Å². The summed E-state index contributed by atoms with van der Waals surface area (Å²) in [7, 11) is 5.88. The summed E-state index contributed by atoms with van der Waals surface area (Å²) < 4.78 is 0.381. The van der Waals surface area contributed by atoms with E-state index in [4.69, 9.17) is 0 Å². The number of fused-ring (bicyclic) bond motifs is 2. The number of aromatic amines is 1. The monoisotopic (exact) mass is 748 g/mol. The van der Waals surface area contributed by atoms with Crippen LogP contribution in [0.4, 0.5) is 0 Å². The number of carbonyl (C=O) groups excluding carboxylic acids is 3. The predicted octanol–water partition coefficient (Wildman–Crippen LogP) is 7.26. The molecule has 0 radical (unpaired) electrons. The highest BCUT2D eigenvalue weighted by atomic mass is 16.4. The lowest BCUT2D eigenvalue weighted by atomic mass is 9.79. The molecule has 0 unspecified atom stereocenters. The van der Waals surface area contributed by atoms with E-state index < -0.39 is 5.97 Å². The van der Waals surface area contributed by atoms with Gasteiger partial charge >= 0.3 is 0 Å². The molecule has 2 aromatic rings. The lowest BCUT2D eigenvalue weighted by Crippen LogP contribution is -2.49. The number of unbranched alkanes of at least 4 members (excludes halogenated alkanes) is 11. The topological polar surface area (TPSA) is 109 Å². The minimum absolute atomic E-state index is 0.00284. The fourth-order valence-corrected chi connectivity index (χ4v) is 7.98. The fraction of sp³-hybridized carbons (Fsp3) is 0.667. The Kier molecular flexibility index (Phi) is 20.1. The summed E-state index contributed by atoms with van der Waals surface area (Å²) in [6, 6.07) is 6.82. The highest BCUT2D eigenvalue weighted by molar-refractivity contribution is 5.99. The average molecular weight is 748 g/mol. The number of amides is 2. The van der Waals surface area contributed by atoms with Gasteiger partial charge in [0.1, 0.15) is 6.54 Å². The molecule has 9 nitrogen and oxygen atoms in total. The van der Waals surface area contributed by atoms with Crippen molar-refractivity contribution in [2.75, 3.05) is 60.4 Å². The zero-order valence-corrected chi connectivity index (χ0v) is 34.7. The number of nitrogens with zero attached hydrogens (tertiary/aromatic N) is 3. The van der Waals surface area contributed by atoms with E-state index in [1.165, 1.54) is 98.2 Å². The number of aromatic nitrogens is 1. The number of hydrogen-bond acceptors (Lipinski definition) is 5. The summed E-state index contributed by atoms with van der Waals surface area (Å²) >= 11 is 0. The van der Waals surface area contributed by atoms with Crippen molar-refractivity contribution in [2.45, 2.75) is 130 Å². The number of likely N-dealkylation sites (N-methyl/N-ethyl adjacent to an activating group) is 2. The van der Waals surface area contributed by atoms with Crippen LogP contribution in [0.3, 0.4) is 0 Å². The van der Waals surface area contributed by atoms with Crippen LogP contribution in [0.1, 0.15) is 128 Å². The van der Waals surface area contributed by atoms with Gasteiger partial charge < -0.3 is 29.6 Å². The number of nitrogens with one attached hydrogen (secondary N) is 2. The highest BCUT2D eigenvalue weighted by Crippen LogP contribution is 2.41. The molecule has 4 rings (SSSR count). The molecular formula is C45H73N5O4. The number of quaternary nitrogens is 1. The maximum atomic E-state index is 12.9. The average Bonchev–Trinajstić information content (AvgIpc) is 3.56. The second-order valence-electron chi connectivity index (χ2n) is 16.2. The van der Waals surface area contributed by atoms with Gasteiger partial charge in [-0.05, 0) is 82.2 Å². The Morgan fingerprint density at radius 3 is 2.22 bits per heavy atom. The number of allylic oxidation sites excluding steroid dienone is 2. The van der Waals surface area contributed by atoms with Crippen molar-refractivity contribution in [3.63, 3.8) is 0 Å². The molecule has 1 aromatic heterocycles. The molecule has 2 aliphatic rings. The van der Waals surface area contributed by atoms with Gasteiger partial charge in [0.25, 0.3) is 0 Å². The van der Waals surface area contributed by atoms with E-state index in [0.717, 1.165) is 45.3 Å². The SMILES string of the molecule is CCCCCCCC/C=C\CCCCCCCC(=O)NCCC[N+](C)(C)CC(=O)[O-].CCN(CC)C(=O)[C@@H]1C=C2c3cccc4[nH]cc(c34)C[C@H]2N(C)C1. The third-order valence-electron chi connectivity index (χ3n) is 11.1. The van der Waals surface area contributed by atoms with Crippen LogP contribution in [0.5, 0.6) is 0 Å². The van der Waals surface area contributed by atoms with Crippen LogP contribution >= 0.6 is 0 Å². The number of hydrogen-bond donors (Lipinski definition) is 2. The van der Waals surface area contributed by atoms with Crippen molar-refractivity contribution in [1.82, 2.24) is 20.1 Å². The summed E-state index contributed by atoms with van der Waals surface area (Å²) in [6.45, 7) is 10.0. The zero-order valence-electron chi connectivity index (χ0n) is 34.7. The molecular weight excluding hydrogens is 675 g/mol. The van der Waals surface area contributed by atoms with Gasteiger partial charge in [-0.2, -0.15) is 0 Å². The Balaban J connectivity index is 0.000000295. The lowest BCUT2D eigenvalue weighted by molar-refractivity contribution is -0.884. The van der Waals surface area contributed by atoms with Crippen LogP contribution in [-0.4, -0.2) is 104 Å². The Hall–Kier alpha value is -3.43. The number of carbonyl (C=O) groups is 3. The first-order chi connectivity index (χ1) is 26.0. The van der Waals surface area contributed by atoms with Gasteiger partial charge in [-0.15, -0.1) is 0 Å². The smallest absolute Gasteiger partial charge is 0.230 e. The van der Waals surface area contributed by atoms with Gasteiger partial charge in [-0.1, -0.05) is 88.7 Å². The number of benzene rings is 1. The molecule has 0 bridgehead atoms. The molecule has 1 aliphatic carbocycles. The van der Waals surface area contributed by atoms with E-state index in [1.807, 2.05) is 19.0 Å². The Labute approximate surface area is 327 Å². The summed E-state index contributed by atoms with van der Waals surface area (Å²) in [5, 5.41) is 15.0. The molecule has 0 fully saturated rings. The van der Waals surface area contributed by atoms with Gasteiger partial charge in [-0.25, -0.2) is 0 Å².